The summed E-state index contributed by atoms with van der Waals surface area (Å²) in [7, 11) is 0. The Kier molecular flexibility index (Phi) is 7.03. The van der Waals surface area contributed by atoms with Gasteiger partial charge >= 0.3 is 6.03 Å². The van der Waals surface area contributed by atoms with Crippen LogP contribution in [0.3, 0.4) is 0 Å². The van der Waals surface area contributed by atoms with Gasteiger partial charge in [-0.15, -0.1) is 0 Å². The smallest absolute Gasteiger partial charge is 0.314 e. The molecule has 0 bridgehead atoms. The van der Waals surface area contributed by atoms with Gasteiger partial charge in [0.25, 0.3) is 0 Å². The fourth-order valence-corrected chi connectivity index (χ4v) is 3.60. The lowest BCUT2D eigenvalue weighted by Crippen LogP contribution is -2.36. The van der Waals surface area contributed by atoms with Crippen LogP contribution in [0.5, 0.6) is 0 Å². The molecule has 0 radical (unpaired) electrons. The minimum absolute atomic E-state index is 0.0101. The molecule has 3 rings (SSSR count). The molecule has 28 heavy (non-hydrogen) atoms. The van der Waals surface area contributed by atoms with E-state index < -0.39 is 0 Å². The first-order valence-corrected chi connectivity index (χ1v) is 10.5. The Morgan fingerprint density at radius 1 is 0.893 bits per heavy atom. The normalized spacial score (nSPS) is 10.6. The largest absolute Gasteiger partial charge is 0.338 e. The van der Waals surface area contributed by atoms with Crippen LogP contribution >= 0.6 is 22.6 Å². The van der Waals surface area contributed by atoms with Gasteiger partial charge in [0.1, 0.15) is 0 Å². The minimum atomic E-state index is -0.155. The number of hydrogen-bond donors (Lipinski definition) is 2. The van der Waals surface area contributed by atoms with Gasteiger partial charge in [0, 0.05) is 27.8 Å². The Bertz CT molecular complexity index is 987. The SMILES string of the molecule is CCCNC(=O)NCCc1cc(C(=O)c2ccccc2)cc2ccc(I)cc12. The van der Waals surface area contributed by atoms with E-state index in [0.29, 0.717) is 30.6 Å². The number of rotatable bonds is 7. The molecule has 0 aliphatic heterocycles. The van der Waals surface area contributed by atoms with Crippen molar-refractivity contribution in [2.45, 2.75) is 19.8 Å². The quantitative estimate of drug-likeness (QED) is 0.368. The lowest BCUT2D eigenvalue weighted by molar-refractivity contribution is 0.103. The van der Waals surface area contributed by atoms with Crippen LogP contribution in [0.1, 0.15) is 34.8 Å². The van der Waals surface area contributed by atoms with E-state index in [-0.39, 0.29) is 11.8 Å². The summed E-state index contributed by atoms with van der Waals surface area (Å²) in [5.41, 5.74) is 2.41. The Balaban J connectivity index is 1.87. The van der Waals surface area contributed by atoms with Crippen LogP contribution in [0.4, 0.5) is 4.79 Å². The molecule has 4 nitrogen and oxygen atoms in total. The van der Waals surface area contributed by atoms with Gasteiger partial charge in [0.15, 0.2) is 5.78 Å². The number of carbonyl (C=O) groups is 2. The molecular formula is C23H23IN2O2. The van der Waals surface area contributed by atoms with Gasteiger partial charge in [-0.05, 0) is 76.0 Å². The van der Waals surface area contributed by atoms with E-state index in [9.17, 15) is 9.59 Å². The van der Waals surface area contributed by atoms with E-state index in [1.54, 1.807) is 0 Å². The van der Waals surface area contributed by atoms with Crippen LogP contribution in [0, 0.1) is 3.57 Å². The van der Waals surface area contributed by atoms with Gasteiger partial charge in [0.05, 0.1) is 0 Å². The zero-order chi connectivity index (χ0) is 19.9. The highest BCUT2D eigenvalue weighted by atomic mass is 127. The molecule has 2 N–H and O–H groups in total. The number of fused-ring (bicyclic) bond motifs is 1. The van der Waals surface area contributed by atoms with E-state index in [1.165, 1.54) is 0 Å². The van der Waals surface area contributed by atoms with Gasteiger partial charge in [-0.1, -0.05) is 43.3 Å². The molecule has 3 aromatic carbocycles. The first kappa shape index (κ1) is 20.3. The van der Waals surface area contributed by atoms with Crippen LogP contribution in [0.15, 0.2) is 60.7 Å². The summed E-state index contributed by atoms with van der Waals surface area (Å²) in [5, 5.41) is 7.85. The Labute approximate surface area is 178 Å². The van der Waals surface area contributed by atoms with Crippen molar-refractivity contribution in [1.29, 1.82) is 0 Å². The van der Waals surface area contributed by atoms with E-state index in [0.717, 1.165) is 26.3 Å². The highest BCUT2D eigenvalue weighted by Crippen LogP contribution is 2.25. The molecule has 2 amide bonds. The highest BCUT2D eigenvalue weighted by Gasteiger charge is 2.13. The maximum atomic E-state index is 12.9. The molecule has 0 fully saturated rings. The second-order valence-corrected chi connectivity index (χ2v) is 7.87. The van der Waals surface area contributed by atoms with Gasteiger partial charge in [-0.25, -0.2) is 4.79 Å². The van der Waals surface area contributed by atoms with Crippen LogP contribution in [-0.2, 0) is 6.42 Å². The number of carbonyl (C=O) groups excluding carboxylic acids is 2. The predicted molar refractivity (Wildman–Crippen MR) is 122 cm³/mol. The van der Waals surface area contributed by atoms with Crippen molar-refractivity contribution in [3.8, 4) is 0 Å². The van der Waals surface area contributed by atoms with Gasteiger partial charge in [-0.2, -0.15) is 0 Å². The van der Waals surface area contributed by atoms with E-state index in [2.05, 4.69) is 39.3 Å². The van der Waals surface area contributed by atoms with E-state index in [4.69, 9.17) is 0 Å². The zero-order valence-electron chi connectivity index (χ0n) is 15.8. The number of hydrogen-bond acceptors (Lipinski definition) is 2. The van der Waals surface area contributed by atoms with Crippen molar-refractivity contribution in [3.63, 3.8) is 0 Å². The number of urea groups is 1. The zero-order valence-corrected chi connectivity index (χ0v) is 18.0. The first-order valence-electron chi connectivity index (χ1n) is 9.42. The summed E-state index contributed by atoms with van der Waals surface area (Å²) in [6.45, 7) is 3.19. The standard InChI is InChI=1S/C23H23IN2O2/c1-2-11-25-23(28)26-12-10-18-14-19(22(27)16-6-4-3-5-7-16)13-17-8-9-20(24)15-21(17)18/h3-9,13-15H,2,10-12H2,1H3,(H2,25,26,28). The molecule has 0 spiro atoms. The van der Waals surface area contributed by atoms with Gasteiger partial charge < -0.3 is 10.6 Å². The Morgan fingerprint density at radius 3 is 2.39 bits per heavy atom. The minimum Gasteiger partial charge on any atom is -0.338 e. The lowest BCUT2D eigenvalue weighted by atomic mass is 9.95. The topological polar surface area (TPSA) is 58.2 Å². The monoisotopic (exact) mass is 486 g/mol. The summed E-state index contributed by atoms with van der Waals surface area (Å²) in [4.78, 5) is 24.7. The molecule has 0 saturated heterocycles. The molecule has 0 aliphatic rings. The summed E-state index contributed by atoms with van der Waals surface area (Å²) >= 11 is 2.29. The van der Waals surface area contributed by atoms with Crippen LogP contribution in [0.25, 0.3) is 10.8 Å². The summed E-state index contributed by atoms with van der Waals surface area (Å²) in [6.07, 6.45) is 1.56. The Hall–Kier alpha value is -2.41. The van der Waals surface area contributed by atoms with Gasteiger partial charge in [-0.3, -0.25) is 4.79 Å². The number of benzene rings is 3. The average Bonchev–Trinajstić information content (AvgIpc) is 2.72. The van der Waals surface area contributed by atoms with Crippen LogP contribution < -0.4 is 10.6 Å². The molecule has 144 valence electrons. The third kappa shape index (κ3) is 5.10. The molecule has 0 atom stereocenters. The third-order valence-corrected chi connectivity index (χ3v) is 5.19. The van der Waals surface area contributed by atoms with Gasteiger partial charge in [0.2, 0.25) is 0 Å². The molecule has 0 aliphatic carbocycles. The number of amides is 2. The van der Waals surface area contributed by atoms with Crippen molar-refractivity contribution in [2.75, 3.05) is 13.1 Å². The molecular weight excluding hydrogens is 463 g/mol. The van der Waals surface area contributed by atoms with Crippen LogP contribution in [0.2, 0.25) is 0 Å². The van der Waals surface area contributed by atoms with Crippen molar-refractivity contribution >= 4 is 45.2 Å². The third-order valence-electron chi connectivity index (χ3n) is 4.52. The fraction of sp³-hybridized carbons (Fsp3) is 0.217. The van der Waals surface area contributed by atoms with Crippen LogP contribution in [-0.4, -0.2) is 24.9 Å². The molecule has 0 aromatic heterocycles. The average molecular weight is 486 g/mol. The summed E-state index contributed by atoms with van der Waals surface area (Å²) in [6, 6.07) is 19.3. The van der Waals surface area contributed by atoms with Crippen molar-refractivity contribution in [1.82, 2.24) is 10.6 Å². The number of nitrogens with one attached hydrogen (secondary N) is 2. The maximum Gasteiger partial charge on any atom is 0.314 e. The lowest BCUT2D eigenvalue weighted by Gasteiger charge is -2.12. The molecule has 0 unspecified atom stereocenters. The predicted octanol–water partition coefficient (Wildman–Crippen LogP) is 4.93. The molecule has 0 heterocycles. The maximum absolute atomic E-state index is 12.9. The van der Waals surface area contributed by atoms with Crippen molar-refractivity contribution < 1.29 is 9.59 Å². The van der Waals surface area contributed by atoms with Crippen molar-refractivity contribution in [2.24, 2.45) is 0 Å². The second-order valence-electron chi connectivity index (χ2n) is 6.63. The van der Waals surface area contributed by atoms with E-state index in [1.807, 2.05) is 61.5 Å². The molecule has 5 heteroatoms. The number of halogens is 1. The molecule has 3 aromatic rings. The first-order chi connectivity index (χ1) is 13.6. The van der Waals surface area contributed by atoms with E-state index >= 15 is 0 Å². The fourth-order valence-electron chi connectivity index (χ4n) is 3.11. The summed E-state index contributed by atoms with van der Waals surface area (Å²) in [5.74, 6) is 0.0101. The molecule has 0 saturated carbocycles. The Morgan fingerprint density at radius 2 is 1.64 bits per heavy atom. The highest BCUT2D eigenvalue weighted by molar-refractivity contribution is 14.1. The summed E-state index contributed by atoms with van der Waals surface area (Å²) < 4.78 is 1.14. The number of ketones is 1. The van der Waals surface area contributed by atoms with Crippen molar-refractivity contribution in [3.05, 3.63) is 80.9 Å². The second kappa shape index (κ2) is 9.68.